The van der Waals surface area contributed by atoms with Crippen LogP contribution in [0.1, 0.15) is 0 Å². The van der Waals surface area contributed by atoms with Crippen LogP contribution >= 0.6 is 0 Å². The fourth-order valence-corrected chi connectivity index (χ4v) is 1.49. The van der Waals surface area contributed by atoms with Gasteiger partial charge in [0, 0.05) is 0 Å². The summed E-state index contributed by atoms with van der Waals surface area (Å²) in [6.45, 7) is -0.880. The molecule has 92 valence electrons. The molecular formula is C6H13O8S-. The molecule has 0 aromatic heterocycles. The van der Waals surface area contributed by atoms with Crippen LogP contribution in [-0.4, -0.2) is 75.3 Å². The first-order valence-corrected chi connectivity index (χ1v) is 5.53. The highest BCUT2D eigenvalue weighted by molar-refractivity contribution is 7.85. The Labute approximate surface area is 86.2 Å². The quantitative estimate of drug-likeness (QED) is 0.296. The lowest BCUT2D eigenvalue weighted by Crippen LogP contribution is -2.47. The number of hydrogen-bond donors (Lipinski definition) is 5. The molecule has 0 aliphatic rings. The average Bonchev–Trinajstić information content (AvgIpc) is 2.11. The van der Waals surface area contributed by atoms with E-state index in [1.165, 1.54) is 0 Å². The van der Waals surface area contributed by atoms with Crippen molar-refractivity contribution in [3.05, 3.63) is 0 Å². The summed E-state index contributed by atoms with van der Waals surface area (Å²) in [6.07, 6.45) is -7.73. The van der Waals surface area contributed by atoms with Gasteiger partial charge >= 0.3 is 0 Å². The molecule has 15 heavy (non-hydrogen) atoms. The molecule has 0 saturated heterocycles. The van der Waals surface area contributed by atoms with Gasteiger partial charge in [-0.05, 0) is 0 Å². The van der Waals surface area contributed by atoms with E-state index < -0.39 is 46.9 Å². The summed E-state index contributed by atoms with van der Waals surface area (Å²) in [5.41, 5.74) is 0. The smallest absolute Gasteiger partial charge is 0.111 e. The van der Waals surface area contributed by atoms with Crippen molar-refractivity contribution in [3.8, 4) is 0 Å². The molecule has 4 atom stereocenters. The maximum absolute atomic E-state index is 10.2. The van der Waals surface area contributed by atoms with Gasteiger partial charge in [-0.2, -0.15) is 0 Å². The molecule has 0 aliphatic carbocycles. The molecular weight excluding hydrogens is 232 g/mol. The van der Waals surface area contributed by atoms with Crippen LogP contribution in [0.5, 0.6) is 0 Å². The van der Waals surface area contributed by atoms with Crippen molar-refractivity contribution in [1.29, 1.82) is 0 Å². The largest absolute Gasteiger partial charge is 0.748 e. The molecule has 5 N–H and O–H groups in total. The third-order valence-electron chi connectivity index (χ3n) is 1.70. The zero-order valence-corrected chi connectivity index (χ0v) is 8.41. The highest BCUT2D eigenvalue weighted by Gasteiger charge is 2.30. The normalized spacial score (nSPS) is 20.7. The fraction of sp³-hybridized carbons (Fsp3) is 1.00. The van der Waals surface area contributed by atoms with Crippen LogP contribution in [0.3, 0.4) is 0 Å². The zero-order valence-electron chi connectivity index (χ0n) is 7.59. The Balaban J connectivity index is 4.37. The van der Waals surface area contributed by atoms with Crippen LogP contribution in [0, 0.1) is 0 Å². The molecule has 0 bridgehead atoms. The van der Waals surface area contributed by atoms with Gasteiger partial charge in [0.25, 0.3) is 0 Å². The second-order valence-electron chi connectivity index (χ2n) is 3.02. The van der Waals surface area contributed by atoms with E-state index in [0.717, 1.165) is 0 Å². The molecule has 0 fully saturated rings. The van der Waals surface area contributed by atoms with Crippen molar-refractivity contribution in [2.75, 3.05) is 12.4 Å². The Morgan fingerprint density at radius 2 is 1.40 bits per heavy atom. The van der Waals surface area contributed by atoms with Gasteiger partial charge in [-0.1, -0.05) is 0 Å². The minimum atomic E-state index is -4.75. The lowest BCUT2D eigenvalue weighted by atomic mass is 10.0. The molecule has 0 aliphatic heterocycles. The first-order valence-electron chi connectivity index (χ1n) is 3.95. The minimum absolute atomic E-state index is 0.880. The summed E-state index contributed by atoms with van der Waals surface area (Å²) >= 11 is 0. The Hall–Kier alpha value is -0.290. The van der Waals surface area contributed by atoms with Crippen molar-refractivity contribution in [3.63, 3.8) is 0 Å². The van der Waals surface area contributed by atoms with Crippen LogP contribution in [0.2, 0.25) is 0 Å². The summed E-state index contributed by atoms with van der Waals surface area (Å²) in [7, 11) is -4.75. The molecule has 0 aromatic carbocycles. The van der Waals surface area contributed by atoms with Gasteiger partial charge in [0.05, 0.1) is 28.6 Å². The molecule has 0 heterocycles. The van der Waals surface area contributed by atoms with Gasteiger partial charge < -0.3 is 30.1 Å². The third-order valence-corrected chi connectivity index (χ3v) is 2.45. The van der Waals surface area contributed by atoms with Crippen LogP contribution in [0.4, 0.5) is 0 Å². The summed E-state index contributed by atoms with van der Waals surface area (Å²) in [5.74, 6) is -1.29. The van der Waals surface area contributed by atoms with Crippen molar-refractivity contribution in [1.82, 2.24) is 0 Å². The van der Waals surface area contributed by atoms with Gasteiger partial charge in [0.1, 0.15) is 18.3 Å². The van der Waals surface area contributed by atoms with Gasteiger partial charge in [-0.3, -0.25) is 0 Å². The average molecular weight is 245 g/mol. The molecule has 9 heteroatoms. The third kappa shape index (κ3) is 5.37. The second-order valence-corrected chi connectivity index (χ2v) is 4.47. The molecule has 0 radical (unpaired) electrons. The number of aliphatic hydroxyl groups excluding tert-OH is 5. The lowest BCUT2D eigenvalue weighted by molar-refractivity contribution is -0.110. The van der Waals surface area contributed by atoms with E-state index in [-0.39, 0.29) is 0 Å². The Morgan fingerprint density at radius 1 is 1.00 bits per heavy atom. The number of hydrogen-bond acceptors (Lipinski definition) is 8. The Morgan fingerprint density at radius 3 is 1.73 bits per heavy atom. The molecule has 0 amide bonds. The molecule has 0 saturated carbocycles. The molecule has 8 nitrogen and oxygen atoms in total. The van der Waals surface area contributed by atoms with Crippen molar-refractivity contribution >= 4 is 10.1 Å². The Kier molecular flexibility index (Phi) is 5.59. The van der Waals surface area contributed by atoms with Crippen LogP contribution in [0.25, 0.3) is 0 Å². The highest BCUT2D eigenvalue weighted by atomic mass is 32.2. The van der Waals surface area contributed by atoms with Crippen molar-refractivity contribution in [2.45, 2.75) is 24.4 Å². The Bertz CT molecular complexity index is 275. The van der Waals surface area contributed by atoms with Crippen molar-refractivity contribution < 1.29 is 38.5 Å². The molecule has 0 rings (SSSR count). The minimum Gasteiger partial charge on any atom is -0.748 e. The summed E-state index contributed by atoms with van der Waals surface area (Å²) in [6, 6.07) is 0. The predicted octanol–water partition coefficient (Wildman–Crippen LogP) is -4.03. The predicted molar refractivity (Wildman–Crippen MR) is 45.7 cm³/mol. The van der Waals surface area contributed by atoms with E-state index in [1.54, 1.807) is 0 Å². The maximum Gasteiger partial charge on any atom is 0.111 e. The number of aliphatic hydroxyl groups is 5. The summed E-state index contributed by atoms with van der Waals surface area (Å²) in [4.78, 5) is 0. The van der Waals surface area contributed by atoms with E-state index in [4.69, 9.17) is 25.5 Å². The second kappa shape index (κ2) is 5.70. The van der Waals surface area contributed by atoms with E-state index in [2.05, 4.69) is 0 Å². The topological polar surface area (TPSA) is 158 Å². The van der Waals surface area contributed by atoms with Crippen LogP contribution in [-0.2, 0) is 10.1 Å². The van der Waals surface area contributed by atoms with E-state index >= 15 is 0 Å². The molecule has 0 unspecified atom stereocenters. The van der Waals surface area contributed by atoms with Crippen LogP contribution < -0.4 is 0 Å². The molecule has 0 spiro atoms. The number of rotatable bonds is 6. The van der Waals surface area contributed by atoms with Gasteiger partial charge in [0.2, 0.25) is 0 Å². The van der Waals surface area contributed by atoms with Gasteiger partial charge in [-0.25, -0.2) is 8.42 Å². The fourth-order valence-electron chi connectivity index (χ4n) is 0.871. The standard InChI is InChI=1S/C6H14O8S/c7-1-3(8)5(10)6(11)4(9)2-15(12,13)14/h3-11H,1-2H2,(H,12,13,14)/p-1/t3-,4+,5+,6-/m0/s1. The summed E-state index contributed by atoms with van der Waals surface area (Å²) < 4.78 is 30.6. The first-order chi connectivity index (χ1) is 6.69. The van der Waals surface area contributed by atoms with Crippen molar-refractivity contribution in [2.24, 2.45) is 0 Å². The highest BCUT2D eigenvalue weighted by Crippen LogP contribution is 2.06. The lowest BCUT2D eigenvalue weighted by Gasteiger charge is -2.26. The molecule has 0 aromatic rings. The maximum atomic E-state index is 10.2. The SMILES string of the molecule is O=S(=O)([O-])C[C@@H](O)[C@H](O)[C@H](O)[C@@H](O)CO. The van der Waals surface area contributed by atoms with E-state index in [0.29, 0.717) is 0 Å². The van der Waals surface area contributed by atoms with Gasteiger partial charge in [0.15, 0.2) is 0 Å². The van der Waals surface area contributed by atoms with E-state index in [9.17, 15) is 13.0 Å². The first kappa shape index (κ1) is 14.7. The monoisotopic (exact) mass is 245 g/mol. The van der Waals surface area contributed by atoms with Crippen LogP contribution in [0.15, 0.2) is 0 Å². The van der Waals surface area contributed by atoms with E-state index in [1.807, 2.05) is 0 Å². The van der Waals surface area contributed by atoms with Gasteiger partial charge in [-0.15, -0.1) is 0 Å². The summed E-state index contributed by atoms with van der Waals surface area (Å²) in [5, 5.41) is 44.3. The zero-order chi connectivity index (χ0) is 12.2.